The van der Waals surface area contributed by atoms with E-state index in [0.717, 1.165) is 37.2 Å². The molecular weight excluding hydrogens is 816 g/mol. The molecule has 13 nitrogen and oxygen atoms in total. The van der Waals surface area contributed by atoms with Crippen LogP contribution in [-0.2, 0) is 63.6 Å². The largest absolute Gasteiger partial charge is 0.492 e. The molecule has 0 atom stereocenters. The molecule has 1 aliphatic rings. The van der Waals surface area contributed by atoms with Crippen LogP contribution in [0.15, 0.2) is 60.7 Å². The number of ketones is 2. The highest BCUT2D eigenvalue weighted by Gasteiger charge is 2.39. The molecule has 14 heteroatoms. The molecule has 2 aromatic rings. The molecule has 0 spiro atoms. The lowest BCUT2D eigenvalue weighted by Gasteiger charge is -2.32. The van der Waals surface area contributed by atoms with Crippen molar-refractivity contribution >= 4 is 35.4 Å². The summed E-state index contributed by atoms with van der Waals surface area (Å²) >= 11 is 0. The van der Waals surface area contributed by atoms with E-state index in [9.17, 15) is 28.8 Å². The standard InChI is InChI=1S/C49H65FO13/c1-8-9-10-12-35-14-16-36(17-15-35)37-18-20-40(41(50)28-37)38-19-21-44(39(27-38)13-11-24-59-45(53)33(2)3)60-29-49(30-61-46(54)34(4)5,31-62-47(55)42(51)22-25-57-6)32-63-48(56)43(52)23-26-58-7/h18-21,27-28,35-36H,2,4,8-17,22-26,29-32H2,1,3,5-7H3. The fraction of sp³-hybridized carbons (Fsp3) is 0.551. The van der Waals surface area contributed by atoms with Crippen LogP contribution in [0.5, 0.6) is 5.75 Å². The number of unbranched alkanes of at least 4 members (excludes halogenated alkanes) is 2. The van der Waals surface area contributed by atoms with E-state index < -0.39 is 67.3 Å². The molecule has 1 aliphatic carbocycles. The highest BCUT2D eigenvalue weighted by molar-refractivity contribution is 6.34. The lowest BCUT2D eigenvalue weighted by molar-refractivity contribution is -0.169. The maximum atomic E-state index is 16.0. The molecule has 346 valence electrons. The average molecular weight is 881 g/mol. The van der Waals surface area contributed by atoms with Gasteiger partial charge in [0.1, 0.15) is 43.4 Å². The SMILES string of the molecule is C=C(C)C(=O)OCCCc1cc(-c2ccc(C3CCC(CCCCC)CC3)cc2F)ccc1OCC(COC(=O)C(=C)C)(COC(=O)C(=O)CCOC)COC(=O)C(=O)CCOC. The van der Waals surface area contributed by atoms with Gasteiger partial charge in [0.25, 0.3) is 0 Å². The lowest BCUT2D eigenvalue weighted by Crippen LogP contribution is -2.45. The fourth-order valence-electron chi connectivity index (χ4n) is 7.14. The highest BCUT2D eigenvalue weighted by atomic mass is 19.1. The molecule has 1 fully saturated rings. The van der Waals surface area contributed by atoms with Crippen molar-refractivity contribution in [3.8, 4) is 16.9 Å². The quantitative estimate of drug-likeness (QED) is 0.0253. The van der Waals surface area contributed by atoms with Gasteiger partial charge in [-0.25, -0.2) is 23.6 Å². The first-order chi connectivity index (χ1) is 30.1. The van der Waals surface area contributed by atoms with Crippen LogP contribution in [0.1, 0.15) is 108 Å². The summed E-state index contributed by atoms with van der Waals surface area (Å²) in [5.41, 5.74) is 1.11. The molecular formula is C49H65FO13. The van der Waals surface area contributed by atoms with Crippen LogP contribution in [0, 0.1) is 17.2 Å². The zero-order chi connectivity index (χ0) is 46.4. The van der Waals surface area contributed by atoms with Crippen molar-refractivity contribution in [2.75, 3.05) is 60.5 Å². The third-order valence-electron chi connectivity index (χ3n) is 11.0. The number of methoxy groups -OCH3 is 2. The second kappa shape index (κ2) is 27.1. The van der Waals surface area contributed by atoms with Gasteiger partial charge in [-0.2, -0.15) is 0 Å². The Bertz CT molecular complexity index is 1860. The second-order valence-corrected chi connectivity index (χ2v) is 16.4. The van der Waals surface area contributed by atoms with E-state index in [0.29, 0.717) is 29.0 Å². The number of ether oxygens (including phenoxy) is 7. The number of esters is 4. The highest BCUT2D eigenvalue weighted by Crippen LogP contribution is 2.39. The van der Waals surface area contributed by atoms with Gasteiger partial charge in [-0.15, -0.1) is 0 Å². The topological polar surface area (TPSA) is 167 Å². The van der Waals surface area contributed by atoms with Crippen molar-refractivity contribution in [3.63, 3.8) is 0 Å². The van der Waals surface area contributed by atoms with Gasteiger partial charge in [0.15, 0.2) is 0 Å². The summed E-state index contributed by atoms with van der Waals surface area (Å²) in [6.07, 6.45) is 9.41. The van der Waals surface area contributed by atoms with Crippen LogP contribution >= 0.6 is 0 Å². The van der Waals surface area contributed by atoms with E-state index in [2.05, 4.69) is 20.1 Å². The van der Waals surface area contributed by atoms with Crippen LogP contribution in [0.4, 0.5) is 4.39 Å². The summed E-state index contributed by atoms with van der Waals surface area (Å²) in [5, 5.41) is 0. The molecule has 63 heavy (non-hydrogen) atoms. The van der Waals surface area contributed by atoms with Gasteiger partial charge in [-0.3, -0.25) is 9.59 Å². The lowest BCUT2D eigenvalue weighted by atomic mass is 9.77. The third-order valence-corrected chi connectivity index (χ3v) is 11.0. The molecule has 3 rings (SSSR count). The van der Waals surface area contributed by atoms with Gasteiger partial charge in [0.05, 0.1) is 19.8 Å². The Morgan fingerprint density at radius 1 is 0.683 bits per heavy atom. The summed E-state index contributed by atoms with van der Waals surface area (Å²) in [6.45, 7) is 10.0. The van der Waals surface area contributed by atoms with Gasteiger partial charge in [0, 0.05) is 43.8 Å². The predicted molar refractivity (Wildman–Crippen MR) is 233 cm³/mol. The number of benzene rings is 2. The summed E-state index contributed by atoms with van der Waals surface area (Å²) in [5.74, 6) is -4.66. The molecule has 0 heterocycles. The first kappa shape index (κ1) is 52.1. The number of halogens is 1. The Kier molecular flexibility index (Phi) is 22.4. The molecule has 0 unspecified atom stereocenters. The minimum Gasteiger partial charge on any atom is -0.492 e. The minimum absolute atomic E-state index is 0.0407. The van der Waals surface area contributed by atoms with E-state index in [1.165, 1.54) is 53.8 Å². The zero-order valence-corrected chi connectivity index (χ0v) is 37.7. The van der Waals surface area contributed by atoms with Crippen LogP contribution in [0.3, 0.4) is 0 Å². The van der Waals surface area contributed by atoms with Crippen molar-refractivity contribution < 1.29 is 66.3 Å². The number of hydrogen-bond acceptors (Lipinski definition) is 13. The van der Waals surface area contributed by atoms with Gasteiger partial charge >= 0.3 is 23.9 Å². The Morgan fingerprint density at radius 2 is 1.25 bits per heavy atom. The Balaban J connectivity index is 1.98. The van der Waals surface area contributed by atoms with E-state index >= 15 is 4.39 Å². The van der Waals surface area contributed by atoms with E-state index in [1.54, 1.807) is 30.3 Å². The maximum Gasteiger partial charge on any atom is 0.374 e. The molecule has 1 saturated carbocycles. The third kappa shape index (κ3) is 17.5. The normalized spacial score (nSPS) is 14.9. The molecule has 0 aliphatic heterocycles. The molecule has 2 aromatic carbocycles. The molecule has 0 saturated heterocycles. The number of rotatable bonds is 29. The van der Waals surface area contributed by atoms with Gasteiger partial charge < -0.3 is 33.2 Å². The van der Waals surface area contributed by atoms with Crippen LogP contribution < -0.4 is 4.74 Å². The molecule has 0 amide bonds. The summed E-state index contributed by atoms with van der Waals surface area (Å²) in [4.78, 5) is 75.4. The minimum atomic E-state index is -1.68. The fourth-order valence-corrected chi connectivity index (χ4v) is 7.14. The predicted octanol–water partition coefficient (Wildman–Crippen LogP) is 8.18. The number of hydrogen-bond donors (Lipinski definition) is 0. The van der Waals surface area contributed by atoms with Crippen LogP contribution in [0.2, 0.25) is 0 Å². The molecule has 0 radical (unpaired) electrons. The van der Waals surface area contributed by atoms with E-state index in [1.807, 2.05) is 6.07 Å². The molecule has 0 N–H and O–H groups in total. The van der Waals surface area contributed by atoms with Crippen molar-refractivity contribution in [3.05, 3.63) is 77.6 Å². The first-order valence-electron chi connectivity index (χ1n) is 21.7. The van der Waals surface area contributed by atoms with Gasteiger partial charge in [0.2, 0.25) is 11.6 Å². The number of carbonyl (C=O) groups excluding carboxylic acids is 6. The molecule has 0 aromatic heterocycles. The maximum absolute atomic E-state index is 16.0. The summed E-state index contributed by atoms with van der Waals surface area (Å²) in [6, 6.07) is 10.5. The Morgan fingerprint density at radius 3 is 1.79 bits per heavy atom. The number of aryl methyl sites for hydroxylation is 1. The second-order valence-electron chi connectivity index (χ2n) is 16.4. The van der Waals surface area contributed by atoms with Crippen molar-refractivity contribution in [2.24, 2.45) is 11.3 Å². The first-order valence-corrected chi connectivity index (χ1v) is 21.7. The monoisotopic (exact) mass is 880 g/mol. The van der Waals surface area contributed by atoms with E-state index in [4.69, 9.17) is 33.2 Å². The zero-order valence-electron chi connectivity index (χ0n) is 37.7. The van der Waals surface area contributed by atoms with E-state index in [-0.39, 0.29) is 61.8 Å². The van der Waals surface area contributed by atoms with Crippen LogP contribution in [-0.4, -0.2) is 95.9 Å². The van der Waals surface area contributed by atoms with Crippen molar-refractivity contribution in [2.45, 2.75) is 104 Å². The Hall–Kier alpha value is -5.21. The average Bonchev–Trinajstić information content (AvgIpc) is 3.28. The molecule has 0 bridgehead atoms. The van der Waals surface area contributed by atoms with Gasteiger partial charge in [-0.05, 0) is 99.1 Å². The number of Topliss-reactive ketones (excluding diaryl/α,β-unsaturated/α-hetero) is 2. The summed E-state index contributed by atoms with van der Waals surface area (Å²) < 4.78 is 53.8. The van der Waals surface area contributed by atoms with Crippen molar-refractivity contribution in [1.82, 2.24) is 0 Å². The summed E-state index contributed by atoms with van der Waals surface area (Å²) in [7, 11) is 2.73. The van der Waals surface area contributed by atoms with Crippen molar-refractivity contribution in [1.29, 1.82) is 0 Å². The van der Waals surface area contributed by atoms with Crippen LogP contribution in [0.25, 0.3) is 11.1 Å². The smallest absolute Gasteiger partial charge is 0.374 e. The Labute approximate surface area is 371 Å². The van der Waals surface area contributed by atoms with Gasteiger partial charge in [-0.1, -0.05) is 64.0 Å². The number of carbonyl (C=O) groups is 6.